The summed E-state index contributed by atoms with van der Waals surface area (Å²) in [5.41, 5.74) is 3.52. The van der Waals surface area contributed by atoms with Crippen LogP contribution in [0.5, 0.6) is 5.75 Å². The van der Waals surface area contributed by atoms with Crippen LogP contribution in [-0.4, -0.2) is 82.2 Å². The Hall–Kier alpha value is -3.21. The Morgan fingerprint density at radius 3 is 2.79 bits per heavy atom. The number of anilines is 2. The number of nitrogens with one attached hydrogen (secondary N) is 1. The zero-order chi connectivity index (χ0) is 23.2. The maximum Gasteiger partial charge on any atom is 0.261 e. The van der Waals surface area contributed by atoms with E-state index in [1.807, 2.05) is 19.1 Å². The molecule has 10 heteroatoms. The van der Waals surface area contributed by atoms with Crippen molar-refractivity contribution >= 4 is 22.9 Å². The van der Waals surface area contributed by atoms with Crippen LogP contribution in [0.15, 0.2) is 36.8 Å². The molecular weight excluding hydrogens is 436 g/mol. The summed E-state index contributed by atoms with van der Waals surface area (Å²) in [7, 11) is 0. The summed E-state index contributed by atoms with van der Waals surface area (Å²) in [6, 6.07) is 6.22. The van der Waals surface area contributed by atoms with Gasteiger partial charge in [-0.25, -0.2) is 9.50 Å². The second kappa shape index (κ2) is 8.53. The highest BCUT2D eigenvalue weighted by Gasteiger charge is 2.32. The third-order valence-corrected chi connectivity index (χ3v) is 7.02. The molecule has 0 radical (unpaired) electrons. The molecule has 2 N–H and O–H groups in total. The van der Waals surface area contributed by atoms with Gasteiger partial charge in [0.05, 0.1) is 36.8 Å². The molecule has 178 valence electrons. The van der Waals surface area contributed by atoms with E-state index in [4.69, 9.17) is 9.47 Å². The maximum atomic E-state index is 13.3. The summed E-state index contributed by atoms with van der Waals surface area (Å²) in [4.78, 5) is 22.3. The lowest BCUT2D eigenvalue weighted by molar-refractivity contribution is -0.0671. The summed E-state index contributed by atoms with van der Waals surface area (Å²) in [6.45, 7) is 7.07. The minimum atomic E-state index is -0.832. The fourth-order valence-electron chi connectivity index (χ4n) is 4.88. The standard InChI is InChI=1S/C24H28N6O4/c1-15-9-16-10-19(27-23(31)18-12-26-30-4-2-3-25-22(18)30)20(11-21(16)34-24(15)32)29-7-5-28(6-8-29)17-13-33-14-17/h2-4,10-12,15,17,24,32H,5-9,13-14H2,1H3,(H,27,31). The third kappa shape index (κ3) is 3.77. The van der Waals surface area contributed by atoms with Crippen LogP contribution < -0.4 is 15.0 Å². The first kappa shape index (κ1) is 21.3. The molecule has 34 heavy (non-hydrogen) atoms. The first-order chi connectivity index (χ1) is 16.6. The summed E-state index contributed by atoms with van der Waals surface area (Å²) in [5.74, 6) is 0.384. The molecule has 3 aliphatic heterocycles. The number of carbonyl (C=O) groups is 1. The lowest BCUT2D eigenvalue weighted by Gasteiger charge is -2.43. The molecule has 5 heterocycles. The van der Waals surface area contributed by atoms with Gasteiger partial charge in [-0.05, 0) is 24.1 Å². The Bertz CT molecular complexity index is 1220. The van der Waals surface area contributed by atoms with Crippen molar-refractivity contribution in [2.45, 2.75) is 25.7 Å². The van der Waals surface area contributed by atoms with Gasteiger partial charge in [-0.2, -0.15) is 5.10 Å². The van der Waals surface area contributed by atoms with Gasteiger partial charge in [-0.3, -0.25) is 9.69 Å². The summed E-state index contributed by atoms with van der Waals surface area (Å²) >= 11 is 0. The van der Waals surface area contributed by atoms with E-state index in [0.29, 0.717) is 29.4 Å². The largest absolute Gasteiger partial charge is 0.464 e. The Morgan fingerprint density at radius 1 is 1.21 bits per heavy atom. The van der Waals surface area contributed by atoms with E-state index in [-0.39, 0.29) is 11.8 Å². The number of piperazine rings is 1. The zero-order valence-corrected chi connectivity index (χ0v) is 19.1. The molecule has 0 saturated carbocycles. The highest BCUT2D eigenvalue weighted by Crippen LogP contribution is 2.39. The van der Waals surface area contributed by atoms with E-state index in [0.717, 1.165) is 56.3 Å². The predicted octanol–water partition coefficient (Wildman–Crippen LogP) is 1.39. The highest BCUT2D eigenvalue weighted by atomic mass is 16.6. The number of nitrogens with zero attached hydrogens (tertiary/aromatic N) is 5. The number of amides is 1. The topological polar surface area (TPSA) is 104 Å². The van der Waals surface area contributed by atoms with Crippen molar-refractivity contribution in [1.82, 2.24) is 19.5 Å². The van der Waals surface area contributed by atoms with Crippen LogP contribution in [0.3, 0.4) is 0 Å². The first-order valence-corrected chi connectivity index (χ1v) is 11.7. The Balaban J connectivity index is 1.31. The van der Waals surface area contributed by atoms with Crippen molar-refractivity contribution in [3.8, 4) is 5.75 Å². The number of ether oxygens (including phenoxy) is 2. The molecule has 2 fully saturated rings. The van der Waals surface area contributed by atoms with Crippen molar-refractivity contribution < 1.29 is 19.4 Å². The minimum absolute atomic E-state index is 0.0287. The molecular formula is C24H28N6O4. The molecule has 3 aromatic rings. The van der Waals surface area contributed by atoms with Crippen LogP contribution in [-0.2, 0) is 11.2 Å². The number of aliphatic hydroxyl groups is 1. The maximum absolute atomic E-state index is 13.3. The molecule has 0 bridgehead atoms. The molecule has 2 unspecified atom stereocenters. The fourth-order valence-corrected chi connectivity index (χ4v) is 4.88. The van der Waals surface area contributed by atoms with Crippen molar-refractivity contribution in [1.29, 1.82) is 0 Å². The van der Waals surface area contributed by atoms with Crippen molar-refractivity contribution in [3.63, 3.8) is 0 Å². The molecule has 2 atom stereocenters. The quantitative estimate of drug-likeness (QED) is 0.597. The molecule has 1 aromatic carbocycles. The number of fused-ring (bicyclic) bond motifs is 2. The van der Waals surface area contributed by atoms with Gasteiger partial charge in [-0.15, -0.1) is 0 Å². The lowest BCUT2D eigenvalue weighted by Crippen LogP contribution is -2.56. The van der Waals surface area contributed by atoms with Gasteiger partial charge >= 0.3 is 0 Å². The average Bonchev–Trinajstić information content (AvgIpc) is 3.24. The second-order valence-electron chi connectivity index (χ2n) is 9.28. The van der Waals surface area contributed by atoms with E-state index >= 15 is 0 Å². The summed E-state index contributed by atoms with van der Waals surface area (Å²) in [5, 5.41) is 17.6. The second-order valence-corrected chi connectivity index (χ2v) is 9.28. The number of rotatable bonds is 4. The van der Waals surface area contributed by atoms with Crippen LogP contribution >= 0.6 is 0 Å². The van der Waals surface area contributed by atoms with Gasteiger partial charge in [-0.1, -0.05) is 6.92 Å². The van der Waals surface area contributed by atoms with Gasteiger partial charge in [0.15, 0.2) is 11.9 Å². The Kier molecular flexibility index (Phi) is 5.35. The average molecular weight is 465 g/mol. The highest BCUT2D eigenvalue weighted by molar-refractivity contribution is 6.09. The number of benzene rings is 1. The number of carbonyl (C=O) groups excluding carboxylic acids is 1. The van der Waals surface area contributed by atoms with E-state index in [1.165, 1.54) is 6.20 Å². The molecule has 2 saturated heterocycles. The molecule has 1 amide bonds. The molecule has 0 aliphatic carbocycles. The smallest absolute Gasteiger partial charge is 0.261 e. The van der Waals surface area contributed by atoms with Crippen molar-refractivity contribution in [2.75, 3.05) is 49.6 Å². The molecule has 2 aromatic heterocycles. The van der Waals surface area contributed by atoms with Crippen LogP contribution in [0.2, 0.25) is 0 Å². The van der Waals surface area contributed by atoms with Gasteiger partial charge in [0.25, 0.3) is 5.91 Å². The third-order valence-electron chi connectivity index (χ3n) is 7.02. The van der Waals surface area contributed by atoms with Crippen molar-refractivity contribution in [3.05, 3.63) is 47.9 Å². The zero-order valence-electron chi connectivity index (χ0n) is 19.1. The van der Waals surface area contributed by atoms with E-state index < -0.39 is 6.29 Å². The van der Waals surface area contributed by atoms with Gasteiger partial charge in [0.1, 0.15) is 11.3 Å². The van der Waals surface area contributed by atoms with Crippen LogP contribution in [0.4, 0.5) is 11.4 Å². The van der Waals surface area contributed by atoms with E-state index in [1.54, 1.807) is 23.0 Å². The normalized spacial score (nSPS) is 23.3. The SMILES string of the molecule is CC1Cc2cc(NC(=O)c3cnn4cccnc34)c(N3CCN(C4COC4)CC3)cc2OC1O. The van der Waals surface area contributed by atoms with Crippen molar-refractivity contribution in [2.24, 2.45) is 5.92 Å². The van der Waals surface area contributed by atoms with Gasteiger partial charge in [0.2, 0.25) is 0 Å². The van der Waals surface area contributed by atoms with Crippen LogP contribution in [0, 0.1) is 5.92 Å². The number of hydrogen-bond acceptors (Lipinski definition) is 8. The predicted molar refractivity (Wildman–Crippen MR) is 125 cm³/mol. The fraction of sp³-hybridized carbons (Fsp3) is 0.458. The van der Waals surface area contributed by atoms with Crippen LogP contribution in [0.1, 0.15) is 22.8 Å². The van der Waals surface area contributed by atoms with Gasteiger partial charge in [0, 0.05) is 50.6 Å². The minimum Gasteiger partial charge on any atom is -0.464 e. The summed E-state index contributed by atoms with van der Waals surface area (Å²) in [6.07, 6.45) is 4.79. The number of aliphatic hydroxyl groups excluding tert-OH is 1. The molecule has 6 rings (SSSR count). The van der Waals surface area contributed by atoms with Crippen LogP contribution in [0.25, 0.3) is 5.65 Å². The molecule has 3 aliphatic rings. The summed E-state index contributed by atoms with van der Waals surface area (Å²) < 4.78 is 12.8. The number of aromatic nitrogens is 3. The number of hydrogen-bond donors (Lipinski definition) is 2. The van der Waals surface area contributed by atoms with Gasteiger partial charge < -0.3 is 24.8 Å². The first-order valence-electron chi connectivity index (χ1n) is 11.7. The molecule has 10 nitrogen and oxygen atoms in total. The van der Waals surface area contributed by atoms with E-state index in [9.17, 15) is 9.90 Å². The Labute approximate surface area is 197 Å². The molecule has 0 spiro atoms. The van der Waals surface area contributed by atoms with E-state index in [2.05, 4.69) is 25.2 Å². The monoisotopic (exact) mass is 464 g/mol. The lowest BCUT2D eigenvalue weighted by atomic mass is 9.95. The Morgan fingerprint density at radius 2 is 2.03 bits per heavy atom.